The van der Waals surface area contributed by atoms with Crippen LogP contribution in [0, 0.1) is 5.92 Å². The first kappa shape index (κ1) is 15.9. The second-order valence-corrected chi connectivity index (χ2v) is 8.48. The first-order valence-corrected chi connectivity index (χ1v) is 10.2. The maximum absolute atomic E-state index is 3.76. The summed E-state index contributed by atoms with van der Waals surface area (Å²) in [6.45, 7) is 4.70. The summed E-state index contributed by atoms with van der Waals surface area (Å²) in [5.74, 6) is 0.618. The third-order valence-electron chi connectivity index (χ3n) is 6.83. The number of H-pyrrole nitrogens is 1. The van der Waals surface area contributed by atoms with E-state index in [0.29, 0.717) is 5.92 Å². The Labute approximate surface area is 165 Å². The molecule has 6 rings (SSSR count). The van der Waals surface area contributed by atoms with Gasteiger partial charge in [-0.3, -0.25) is 0 Å². The Bertz CT molecular complexity index is 1320. The molecule has 136 valence electrons. The number of rotatable bonds is 1. The number of aromatic amines is 1. The van der Waals surface area contributed by atoms with Crippen LogP contribution in [0.4, 0.5) is 0 Å². The zero-order valence-corrected chi connectivity index (χ0v) is 16.3. The highest BCUT2D eigenvalue weighted by Gasteiger charge is 2.43. The van der Waals surface area contributed by atoms with Crippen molar-refractivity contribution in [3.8, 4) is 11.1 Å². The van der Waals surface area contributed by atoms with Crippen molar-refractivity contribution in [2.75, 3.05) is 0 Å². The van der Waals surface area contributed by atoms with E-state index >= 15 is 0 Å². The largest absolute Gasteiger partial charge is 0.354 e. The average Bonchev–Trinajstić information content (AvgIpc) is 3.23. The molecule has 28 heavy (non-hydrogen) atoms. The molecule has 0 saturated heterocycles. The minimum Gasteiger partial charge on any atom is -0.354 e. The molecule has 1 heterocycles. The van der Waals surface area contributed by atoms with Gasteiger partial charge in [0, 0.05) is 21.7 Å². The molecule has 0 radical (unpaired) electrons. The molecule has 2 unspecified atom stereocenters. The Hall–Kier alpha value is -3.06. The van der Waals surface area contributed by atoms with Gasteiger partial charge in [-0.15, -0.1) is 0 Å². The van der Waals surface area contributed by atoms with Crippen LogP contribution in [0.2, 0.25) is 0 Å². The molecule has 1 aromatic heterocycles. The number of benzene rings is 3. The molecular formula is C27H23N. The Balaban J connectivity index is 1.75. The minimum absolute atomic E-state index is 0.136. The monoisotopic (exact) mass is 361 g/mol. The first-order valence-electron chi connectivity index (χ1n) is 10.2. The van der Waals surface area contributed by atoms with Crippen molar-refractivity contribution < 1.29 is 0 Å². The second kappa shape index (κ2) is 5.48. The molecule has 4 aromatic rings. The fraction of sp³-hybridized carbons (Fsp3) is 0.185. The van der Waals surface area contributed by atoms with Gasteiger partial charge >= 0.3 is 0 Å². The van der Waals surface area contributed by atoms with Crippen molar-refractivity contribution in [1.82, 2.24) is 4.98 Å². The van der Waals surface area contributed by atoms with Crippen LogP contribution in [0.25, 0.3) is 32.9 Å². The molecular weight excluding hydrogens is 338 g/mol. The van der Waals surface area contributed by atoms with Gasteiger partial charge in [0.2, 0.25) is 0 Å². The summed E-state index contributed by atoms with van der Waals surface area (Å²) in [7, 11) is 0. The van der Waals surface area contributed by atoms with Crippen LogP contribution in [0.15, 0.2) is 84.5 Å². The minimum atomic E-state index is -0.136. The number of nitrogens with one attached hydrogen (secondary N) is 1. The average molecular weight is 361 g/mol. The molecule has 0 amide bonds. The Morgan fingerprint density at radius 3 is 2.57 bits per heavy atom. The standard InChI is InChI=1S/C27H23N/c1-17-11-13-18(14-12-17)27(2)23-9-5-3-7-19(23)21-15-16-22-20-8-4-6-10-24(20)28-26(22)25(21)27/h3-11,13-17,28H,12H2,1-2H3. The zero-order valence-electron chi connectivity index (χ0n) is 16.3. The molecule has 0 saturated carbocycles. The zero-order chi connectivity index (χ0) is 18.9. The third kappa shape index (κ3) is 1.91. The lowest BCUT2D eigenvalue weighted by Crippen LogP contribution is -2.24. The SMILES string of the molecule is CC1C=CC(C2(C)c3ccccc3-c3ccc4c([nH]c5ccccc54)c32)=CC1. The number of hydrogen-bond donors (Lipinski definition) is 1. The first-order chi connectivity index (χ1) is 13.7. The quantitative estimate of drug-likeness (QED) is 0.371. The lowest BCUT2D eigenvalue weighted by atomic mass is 9.71. The van der Waals surface area contributed by atoms with Gasteiger partial charge in [-0.1, -0.05) is 79.7 Å². The van der Waals surface area contributed by atoms with Gasteiger partial charge in [-0.05, 0) is 53.2 Å². The number of allylic oxidation sites excluding steroid dienone is 4. The highest BCUT2D eigenvalue weighted by atomic mass is 14.7. The predicted molar refractivity (Wildman–Crippen MR) is 119 cm³/mol. The number of para-hydroxylation sites is 1. The smallest absolute Gasteiger partial charge is 0.0516 e. The Morgan fingerprint density at radius 1 is 0.893 bits per heavy atom. The number of fused-ring (bicyclic) bond motifs is 7. The van der Waals surface area contributed by atoms with Crippen molar-refractivity contribution in [2.45, 2.75) is 25.7 Å². The van der Waals surface area contributed by atoms with E-state index < -0.39 is 0 Å². The second-order valence-electron chi connectivity index (χ2n) is 8.48. The molecule has 0 bridgehead atoms. The third-order valence-corrected chi connectivity index (χ3v) is 6.83. The molecule has 3 aromatic carbocycles. The van der Waals surface area contributed by atoms with Gasteiger partial charge < -0.3 is 4.98 Å². The van der Waals surface area contributed by atoms with Gasteiger partial charge in [-0.25, -0.2) is 0 Å². The summed E-state index contributed by atoms with van der Waals surface area (Å²) >= 11 is 0. The predicted octanol–water partition coefficient (Wildman–Crippen LogP) is 7.13. The van der Waals surface area contributed by atoms with Crippen molar-refractivity contribution in [1.29, 1.82) is 0 Å². The van der Waals surface area contributed by atoms with Crippen molar-refractivity contribution in [2.24, 2.45) is 5.92 Å². The maximum Gasteiger partial charge on any atom is 0.0516 e. The molecule has 1 nitrogen and oxygen atoms in total. The van der Waals surface area contributed by atoms with Gasteiger partial charge in [0.05, 0.1) is 5.52 Å². The van der Waals surface area contributed by atoms with Crippen LogP contribution >= 0.6 is 0 Å². The van der Waals surface area contributed by atoms with Crippen molar-refractivity contribution in [3.05, 3.63) is 95.6 Å². The molecule has 1 heteroatoms. The lowest BCUT2D eigenvalue weighted by molar-refractivity contribution is 0.669. The van der Waals surface area contributed by atoms with E-state index in [0.717, 1.165) is 6.42 Å². The van der Waals surface area contributed by atoms with Crippen LogP contribution in [-0.4, -0.2) is 4.98 Å². The Morgan fingerprint density at radius 2 is 1.71 bits per heavy atom. The molecule has 2 aliphatic carbocycles. The maximum atomic E-state index is 3.76. The highest BCUT2D eigenvalue weighted by Crippen LogP contribution is 2.55. The van der Waals surface area contributed by atoms with Gasteiger partial charge in [-0.2, -0.15) is 0 Å². The highest BCUT2D eigenvalue weighted by molar-refractivity contribution is 6.11. The summed E-state index contributed by atoms with van der Waals surface area (Å²) in [6, 6.07) is 22.2. The van der Waals surface area contributed by atoms with E-state index in [1.165, 1.54) is 49.6 Å². The Kier molecular flexibility index (Phi) is 3.12. The summed E-state index contributed by atoms with van der Waals surface area (Å²) < 4.78 is 0. The van der Waals surface area contributed by atoms with Crippen LogP contribution in [-0.2, 0) is 5.41 Å². The van der Waals surface area contributed by atoms with Crippen molar-refractivity contribution in [3.63, 3.8) is 0 Å². The van der Waals surface area contributed by atoms with Crippen LogP contribution in [0.5, 0.6) is 0 Å². The topological polar surface area (TPSA) is 15.8 Å². The van der Waals surface area contributed by atoms with Crippen LogP contribution in [0.3, 0.4) is 0 Å². The van der Waals surface area contributed by atoms with Gasteiger partial charge in [0.25, 0.3) is 0 Å². The summed E-state index contributed by atoms with van der Waals surface area (Å²) in [6.07, 6.45) is 8.30. The summed E-state index contributed by atoms with van der Waals surface area (Å²) in [4.78, 5) is 3.76. The van der Waals surface area contributed by atoms with E-state index in [9.17, 15) is 0 Å². The molecule has 2 atom stereocenters. The molecule has 2 aliphatic rings. The lowest BCUT2D eigenvalue weighted by Gasteiger charge is -2.31. The van der Waals surface area contributed by atoms with E-state index in [4.69, 9.17) is 0 Å². The van der Waals surface area contributed by atoms with Gasteiger partial charge in [0.15, 0.2) is 0 Å². The van der Waals surface area contributed by atoms with E-state index in [2.05, 4.69) is 97.7 Å². The van der Waals surface area contributed by atoms with E-state index in [-0.39, 0.29) is 5.41 Å². The molecule has 1 N–H and O–H groups in total. The molecule has 0 aliphatic heterocycles. The molecule has 0 spiro atoms. The summed E-state index contributed by atoms with van der Waals surface area (Å²) in [5.41, 5.74) is 9.36. The van der Waals surface area contributed by atoms with E-state index in [1.54, 1.807) is 0 Å². The number of aromatic nitrogens is 1. The normalized spacial score (nSPS) is 23.1. The molecule has 0 fully saturated rings. The fourth-order valence-corrected chi connectivity index (χ4v) is 5.35. The number of hydrogen-bond acceptors (Lipinski definition) is 0. The van der Waals surface area contributed by atoms with E-state index in [1.807, 2.05) is 0 Å². The summed E-state index contributed by atoms with van der Waals surface area (Å²) in [5, 5.41) is 2.63. The van der Waals surface area contributed by atoms with Crippen molar-refractivity contribution >= 4 is 21.8 Å². The van der Waals surface area contributed by atoms with Crippen LogP contribution in [0.1, 0.15) is 31.4 Å². The van der Waals surface area contributed by atoms with Gasteiger partial charge in [0.1, 0.15) is 0 Å². The fourth-order valence-electron chi connectivity index (χ4n) is 5.35. The van der Waals surface area contributed by atoms with Crippen LogP contribution < -0.4 is 0 Å².